The minimum absolute atomic E-state index is 0.0110. The molecule has 0 bridgehead atoms. The normalized spacial score (nSPS) is 13.0. The van der Waals surface area contributed by atoms with E-state index in [1.165, 1.54) is 5.56 Å². The Hall–Kier alpha value is -3.34. The van der Waals surface area contributed by atoms with Crippen LogP contribution in [0.15, 0.2) is 60.8 Å². The smallest absolute Gasteiger partial charge is 0.230 e. The van der Waals surface area contributed by atoms with Crippen LogP contribution in [-0.4, -0.2) is 20.3 Å². The number of carbonyl (C=O) groups is 1. The van der Waals surface area contributed by atoms with Crippen LogP contribution in [0.1, 0.15) is 23.2 Å². The Labute approximate surface area is 163 Å². The molecule has 2 aromatic heterocycles. The third-order valence-electron chi connectivity index (χ3n) is 5.50. The SMILES string of the molecule is Cn1cc(CC(=O)Nc2c3c(nn2-c2ccccc2)CCC3)c2ccccc21. The molecule has 5 rings (SSSR count). The summed E-state index contributed by atoms with van der Waals surface area (Å²) in [6.45, 7) is 0. The summed E-state index contributed by atoms with van der Waals surface area (Å²) in [5.41, 5.74) is 5.43. The van der Waals surface area contributed by atoms with Crippen LogP contribution in [-0.2, 0) is 31.1 Å². The van der Waals surface area contributed by atoms with Gasteiger partial charge in [0.25, 0.3) is 0 Å². The topological polar surface area (TPSA) is 51.9 Å². The van der Waals surface area contributed by atoms with Crippen LogP contribution in [0, 0.1) is 0 Å². The summed E-state index contributed by atoms with van der Waals surface area (Å²) in [4.78, 5) is 13.0. The highest BCUT2D eigenvalue weighted by atomic mass is 16.1. The van der Waals surface area contributed by atoms with E-state index < -0.39 is 0 Å². The minimum Gasteiger partial charge on any atom is -0.350 e. The molecule has 2 heterocycles. The fraction of sp³-hybridized carbons (Fsp3) is 0.217. The van der Waals surface area contributed by atoms with E-state index in [4.69, 9.17) is 5.10 Å². The van der Waals surface area contributed by atoms with Crippen molar-refractivity contribution in [3.05, 3.63) is 77.6 Å². The zero-order valence-corrected chi connectivity index (χ0v) is 15.9. The number of aromatic nitrogens is 3. The van der Waals surface area contributed by atoms with Crippen molar-refractivity contribution in [2.24, 2.45) is 7.05 Å². The van der Waals surface area contributed by atoms with Gasteiger partial charge in [-0.25, -0.2) is 4.68 Å². The van der Waals surface area contributed by atoms with Gasteiger partial charge in [-0.3, -0.25) is 4.79 Å². The summed E-state index contributed by atoms with van der Waals surface area (Å²) in [5, 5.41) is 9.06. The Bertz CT molecular complexity index is 1170. The summed E-state index contributed by atoms with van der Waals surface area (Å²) in [7, 11) is 2.01. The van der Waals surface area contributed by atoms with Crippen LogP contribution >= 0.6 is 0 Å². The number of anilines is 1. The maximum Gasteiger partial charge on any atom is 0.230 e. The van der Waals surface area contributed by atoms with E-state index in [0.717, 1.165) is 52.9 Å². The zero-order chi connectivity index (χ0) is 19.1. The first-order valence-electron chi connectivity index (χ1n) is 9.69. The number of hydrogen-bond donors (Lipinski definition) is 1. The lowest BCUT2D eigenvalue weighted by molar-refractivity contribution is -0.115. The van der Waals surface area contributed by atoms with Gasteiger partial charge in [0.2, 0.25) is 5.91 Å². The average Bonchev–Trinajstić information content (AvgIpc) is 3.38. The van der Waals surface area contributed by atoms with Gasteiger partial charge in [-0.05, 0) is 43.0 Å². The molecular formula is C23H22N4O. The maximum absolute atomic E-state index is 13.0. The number of nitrogens with one attached hydrogen (secondary N) is 1. The lowest BCUT2D eigenvalue weighted by atomic mass is 10.1. The molecule has 28 heavy (non-hydrogen) atoms. The molecular weight excluding hydrogens is 348 g/mol. The van der Waals surface area contributed by atoms with Crippen LogP contribution in [0.4, 0.5) is 5.82 Å². The van der Waals surface area contributed by atoms with Crippen molar-refractivity contribution in [3.63, 3.8) is 0 Å². The van der Waals surface area contributed by atoms with Crippen LogP contribution in [0.3, 0.4) is 0 Å². The van der Waals surface area contributed by atoms with E-state index >= 15 is 0 Å². The van der Waals surface area contributed by atoms with Gasteiger partial charge in [0.05, 0.1) is 17.8 Å². The second-order valence-corrected chi connectivity index (χ2v) is 7.38. The van der Waals surface area contributed by atoms with E-state index in [1.54, 1.807) is 0 Å². The Balaban J connectivity index is 1.47. The Morgan fingerprint density at radius 2 is 1.86 bits per heavy atom. The number of rotatable bonds is 4. The second kappa shape index (κ2) is 6.68. The zero-order valence-electron chi connectivity index (χ0n) is 15.9. The molecule has 0 saturated heterocycles. The minimum atomic E-state index is -0.0110. The van der Waals surface area contributed by atoms with Crippen molar-refractivity contribution in [1.29, 1.82) is 0 Å². The third-order valence-corrected chi connectivity index (χ3v) is 5.50. The average molecular weight is 370 g/mol. The summed E-state index contributed by atoms with van der Waals surface area (Å²) in [6.07, 6.45) is 5.42. The lowest BCUT2D eigenvalue weighted by Gasteiger charge is -2.11. The molecule has 0 aliphatic heterocycles. The molecule has 4 aromatic rings. The monoisotopic (exact) mass is 370 g/mol. The quantitative estimate of drug-likeness (QED) is 0.590. The molecule has 5 nitrogen and oxygen atoms in total. The first-order valence-corrected chi connectivity index (χ1v) is 9.69. The van der Waals surface area contributed by atoms with Crippen LogP contribution in [0.25, 0.3) is 16.6 Å². The molecule has 0 unspecified atom stereocenters. The van der Waals surface area contributed by atoms with E-state index in [9.17, 15) is 4.79 Å². The van der Waals surface area contributed by atoms with Gasteiger partial charge >= 0.3 is 0 Å². The van der Waals surface area contributed by atoms with E-state index in [-0.39, 0.29) is 5.91 Å². The molecule has 1 aliphatic rings. The molecule has 0 saturated carbocycles. The maximum atomic E-state index is 13.0. The van der Waals surface area contributed by atoms with Gasteiger partial charge in [-0.15, -0.1) is 0 Å². The molecule has 1 aliphatic carbocycles. The highest BCUT2D eigenvalue weighted by Crippen LogP contribution is 2.31. The highest BCUT2D eigenvalue weighted by molar-refractivity contribution is 5.96. The predicted molar refractivity (Wildman–Crippen MR) is 111 cm³/mol. The molecule has 5 heteroatoms. The van der Waals surface area contributed by atoms with Gasteiger partial charge in [0.15, 0.2) is 0 Å². The molecule has 1 amide bonds. The number of benzene rings is 2. The van der Waals surface area contributed by atoms with Crippen molar-refractivity contribution in [2.45, 2.75) is 25.7 Å². The largest absolute Gasteiger partial charge is 0.350 e. The third kappa shape index (κ3) is 2.80. The number of aryl methyl sites for hydroxylation is 2. The van der Waals surface area contributed by atoms with Crippen LogP contribution < -0.4 is 5.32 Å². The van der Waals surface area contributed by atoms with Crippen molar-refractivity contribution in [1.82, 2.24) is 14.3 Å². The molecule has 0 spiro atoms. The fourth-order valence-electron chi connectivity index (χ4n) is 4.19. The Kier molecular flexibility index (Phi) is 4.01. The molecule has 1 N–H and O–H groups in total. The molecule has 0 fully saturated rings. The summed E-state index contributed by atoms with van der Waals surface area (Å²) < 4.78 is 3.95. The number of carbonyl (C=O) groups excluding carboxylic acids is 1. The first-order chi connectivity index (χ1) is 13.7. The van der Waals surface area contributed by atoms with Crippen LogP contribution in [0.5, 0.6) is 0 Å². The van der Waals surface area contributed by atoms with E-state index in [2.05, 4.69) is 22.0 Å². The van der Waals surface area contributed by atoms with Gasteiger partial charge in [0, 0.05) is 29.7 Å². The van der Waals surface area contributed by atoms with Gasteiger partial charge < -0.3 is 9.88 Å². The van der Waals surface area contributed by atoms with E-state index in [0.29, 0.717) is 6.42 Å². The van der Waals surface area contributed by atoms with Crippen LogP contribution in [0.2, 0.25) is 0 Å². The van der Waals surface area contributed by atoms with Gasteiger partial charge in [0.1, 0.15) is 5.82 Å². The summed E-state index contributed by atoms with van der Waals surface area (Å²) in [6, 6.07) is 18.2. The highest BCUT2D eigenvalue weighted by Gasteiger charge is 2.24. The number of nitrogens with zero attached hydrogens (tertiary/aromatic N) is 3. The fourth-order valence-corrected chi connectivity index (χ4v) is 4.19. The number of amides is 1. The predicted octanol–water partition coefficient (Wildman–Crippen LogP) is 4.03. The standard InChI is InChI=1S/C23H22N4O/c1-26-15-16(18-10-5-6-13-21(18)26)14-22(28)24-23-19-11-7-12-20(19)25-27(23)17-8-3-2-4-9-17/h2-6,8-10,13,15H,7,11-12,14H2,1H3,(H,24,28). The Morgan fingerprint density at radius 1 is 1.07 bits per heavy atom. The van der Waals surface area contributed by atoms with Crippen molar-refractivity contribution < 1.29 is 4.79 Å². The van der Waals surface area contributed by atoms with Crippen molar-refractivity contribution in [3.8, 4) is 5.69 Å². The number of hydrogen-bond acceptors (Lipinski definition) is 2. The lowest BCUT2D eigenvalue weighted by Crippen LogP contribution is -2.18. The molecule has 140 valence electrons. The second-order valence-electron chi connectivity index (χ2n) is 7.38. The van der Waals surface area contributed by atoms with Gasteiger partial charge in [-0.1, -0.05) is 36.4 Å². The van der Waals surface area contributed by atoms with Crippen molar-refractivity contribution in [2.75, 3.05) is 5.32 Å². The van der Waals surface area contributed by atoms with E-state index in [1.807, 2.05) is 60.4 Å². The Morgan fingerprint density at radius 3 is 2.71 bits per heavy atom. The van der Waals surface area contributed by atoms with Crippen molar-refractivity contribution >= 4 is 22.6 Å². The first kappa shape index (κ1) is 16.8. The molecule has 2 aromatic carbocycles. The number of para-hydroxylation sites is 2. The number of fused-ring (bicyclic) bond motifs is 2. The molecule has 0 radical (unpaired) electrons. The summed E-state index contributed by atoms with van der Waals surface area (Å²) >= 11 is 0. The molecule has 0 atom stereocenters. The van der Waals surface area contributed by atoms with Gasteiger partial charge in [-0.2, -0.15) is 5.10 Å². The summed E-state index contributed by atoms with van der Waals surface area (Å²) in [5.74, 6) is 0.812.